The average Bonchev–Trinajstić information content (AvgIpc) is 3.06. The van der Waals surface area contributed by atoms with Crippen molar-refractivity contribution in [2.45, 2.75) is 32.7 Å². The van der Waals surface area contributed by atoms with Crippen LogP contribution in [0, 0.1) is 11.8 Å². The maximum absolute atomic E-state index is 5.60. The number of hydrogen-bond donors (Lipinski definition) is 1. The van der Waals surface area contributed by atoms with Gasteiger partial charge in [-0.3, -0.25) is 0 Å². The lowest BCUT2D eigenvalue weighted by Crippen LogP contribution is -2.18. The molecule has 0 aliphatic heterocycles. The monoisotopic (exact) mass is 233 g/mol. The van der Waals surface area contributed by atoms with Crippen molar-refractivity contribution in [3.05, 3.63) is 29.8 Å². The Balaban J connectivity index is 2.00. The van der Waals surface area contributed by atoms with Gasteiger partial charge in [0.1, 0.15) is 5.75 Å². The standard InChI is InChI=1S/C15H23NO/c1-4-9-17-13-7-5-12(6-8-13)15(16-3)14-10-11(14)2/h5-8,11,14-16H,4,9-10H2,1-3H3. The van der Waals surface area contributed by atoms with E-state index in [9.17, 15) is 0 Å². The summed E-state index contributed by atoms with van der Waals surface area (Å²) in [6.45, 7) is 5.25. The largest absolute Gasteiger partial charge is 0.494 e. The maximum atomic E-state index is 5.60. The zero-order chi connectivity index (χ0) is 12.3. The molecule has 1 fully saturated rings. The fourth-order valence-electron chi connectivity index (χ4n) is 2.43. The second kappa shape index (κ2) is 5.54. The van der Waals surface area contributed by atoms with E-state index < -0.39 is 0 Å². The van der Waals surface area contributed by atoms with Gasteiger partial charge in [-0.15, -0.1) is 0 Å². The molecule has 0 radical (unpaired) electrons. The minimum atomic E-state index is 0.505. The molecule has 0 heterocycles. The third-order valence-electron chi connectivity index (χ3n) is 3.62. The van der Waals surface area contributed by atoms with Crippen LogP contribution in [-0.2, 0) is 0 Å². The molecule has 1 aliphatic carbocycles. The van der Waals surface area contributed by atoms with Crippen LogP contribution in [0.1, 0.15) is 38.3 Å². The molecule has 2 heteroatoms. The Bertz CT molecular complexity index is 346. The Hall–Kier alpha value is -1.02. The molecule has 1 aliphatic rings. The highest BCUT2D eigenvalue weighted by Crippen LogP contribution is 2.46. The minimum absolute atomic E-state index is 0.505. The molecule has 3 atom stereocenters. The van der Waals surface area contributed by atoms with E-state index in [2.05, 4.69) is 50.5 Å². The highest BCUT2D eigenvalue weighted by molar-refractivity contribution is 5.30. The maximum Gasteiger partial charge on any atom is 0.119 e. The fraction of sp³-hybridized carbons (Fsp3) is 0.600. The van der Waals surface area contributed by atoms with Crippen molar-refractivity contribution in [1.29, 1.82) is 0 Å². The Morgan fingerprint density at radius 2 is 2.00 bits per heavy atom. The summed E-state index contributed by atoms with van der Waals surface area (Å²) in [6, 6.07) is 9.06. The first-order chi connectivity index (χ1) is 8.26. The Labute approximate surface area is 104 Å². The summed E-state index contributed by atoms with van der Waals surface area (Å²) in [5.74, 6) is 2.65. The van der Waals surface area contributed by atoms with E-state index in [0.29, 0.717) is 6.04 Å². The second-order valence-electron chi connectivity index (χ2n) is 5.06. The zero-order valence-corrected chi connectivity index (χ0v) is 11.1. The van der Waals surface area contributed by atoms with Gasteiger partial charge in [-0.25, -0.2) is 0 Å². The fourth-order valence-corrected chi connectivity index (χ4v) is 2.43. The molecule has 17 heavy (non-hydrogen) atoms. The van der Waals surface area contributed by atoms with Crippen molar-refractivity contribution in [3.63, 3.8) is 0 Å². The molecular formula is C15H23NO. The quantitative estimate of drug-likeness (QED) is 0.813. The van der Waals surface area contributed by atoms with Gasteiger partial charge in [0, 0.05) is 6.04 Å². The number of rotatable bonds is 6. The van der Waals surface area contributed by atoms with Crippen LogP contribution in [0.3, 0.4) is 0 Å². The number of nitrogens with one attached hydrogen (secondary N) is 1. The molecule has 0 saturated heterocycles. The highest BCUT2D eigenvalue weighted by atomic mass is 16.5. The van der Waals surface area contributed by atoms with Crippen molar-refractivity contribution in [2.24, 2.45) is 11.8 Å². The Morgan fingerprint density at radius 3 is 2.47 bits per heavy atom. The van der Waals surface area contributed by atoms with Gasteiger partial charge < -0.3 is 10.1 Å². The van der Waals surface area contributed by atoms with E-state index in [1.807, 2.05) is 0 Å². The first kappa shape index (κ1) is 12.4. The molecule has 2 nitrogen and oxygen atoms in total. The van der Waals surface area contributed by atoms with Gasteiger partial charge in [0.25, 0.3) is 0 Å². The van der Waals surface area contributed by atoms with Crippen LogP contribution < -0.4 is 10.1 Å². The van der Waals surface area contributed by atoms with Crippen LogP contribution in [0.2, 0.25) is 0 Å². The molecule has 94 valence electrons. The second-order valence-corrected chi connectivity index (χ2v) is 5.06. The third kappa shape index (κ3) is 3.01. The van der Waals surface area contributed by atoms with Gasteiger partial charge in [-0.05, 0) is 49.4 Å². The zero-order valence-electron chi connectivity index (χ0n) is 11.1. The van der Waals surface area contributed by atoms with Crippen molar-refractivity contribution < 1.29 is 4.74 Å². The summed E-state index contributed by atoms with van der Waals surface area (Å²) >= 11 is 0. The van der Waals surface area contributed by atoms with Crippen LogP contribution in [0.5, 0.6) is 5.75 Å². The lowest BCUT2D eigenvalue weighted by molar-refractivity contribution is 0.317. The molecule has 0 aromatic heterocycles. The SMILES string of the molecule is CCCOc1ccc(C(NC)C2CC2C)cc1. The van der Waals surface area contributed by atoms with Crippen LogP contribution in [-0.4, -0.2) is 13.7 Å². The highest BCUT2D eigenvalue weighted by Gasteiger charge is 2.39. The van der Waals surface area contributed by atoms with Crippen LogP contribution in [0.25, 0.3) is 0 Å². The molecule has 0 spiro atoms. The normalized spacial score (nSPS) is 24.4. The number of ether oxygens (including phenoxy) is 1. The summed E-state index contributed by atoms with van der Waals surface area (Å²) in [7, 11) is 2.05. The predicted octanol–water partition coefficient (Wildman–Crippen LogP) is 3.39. The van der Waals surface area contributed by atoms with Gasteiger partial charge in [0.15, 0.2) is 0 Å². The van der Waals surface area contributed by atoms with E-state index in [1.54, 1.807) is 0 Å². The number of benzene rings is 1. The molecule has 1 aromatic carbocycles. The molecule has 1 N–H and O–H groups in total. The van der Waals surface area contributed by atoms with Gasteiger partial charge in [0.2, 0.25) is 0 Å². The molecule has 1 saturated carbocycles. The molecule has 1 aromatic rings. The van der Waals surface area contributed by atoms with Gasteiger partial charge in [-0.2, -0.15) is 0 Å². The first-order valence-corrected chi connectivity index (χ1v) is 6.66. The average molecular weight is 233 g/mol. The van der Waals surface area contributed by atoms with Crippen molar-refractivity contribution in [2.75, 3.05) is 13.7 Å². The van der Waals surface area contributed by atoms with E-state index in [0.717, 1.165) is 30.6 Å². The lowest BCUT2D eigenvalue weighted by atomic mass is 10.0. The third-order valence-corrected chi connectivity index (χ3v) is 3.62. The van der Waals surface area contributed by atoms with E-state index >= 15 is 0 Å². The lowest BCUT2D eigenvalue weighted by Gasteiger charge is -2.17. The summed E-state index contributed by atoms with van der Waals surface area (Å²) in [4.78, 5) is 0. The smallest absolute Gasteiger partial charge is 0.119 e. The molecule has 0 bridgehead atoms. The molecule has 3 unspecified atom stereocenters. The summed E-state index contributed by atoms with van der Waals surface area (Å²) in [5, 5.41) is 3.43. The molecular weight excluding hydrogens is 210 g/mol. The summed E-state index contributed by atoms with van der Waals surface area (Å²) < 4.78 is 5.60. The minimum Gasteiger partial charge on any atom is -0.494 e. The van der Waals surface area contributed by atoms with Crippen LogP contribution in [0.15, 0.2) is 24.3 Å². The van der Waals surface area contributed by atoms with Crippen molar-refractivity contribution in [3.8, 4) is 5.75 Å². The Morgan fingerprint density at radius 1 is 1.35 bits per heavy atom. The molecule has 2 rings (SSSR count). The van der Waals surface area contributed by atoms with Gasteiger partial charge in [0.05, 0.1) is 6.61 Å². The van der Waals surface area contributed by atoms with Crippen LogP contribution >= 0.6 is 0 Å². The van der Waals surface area contributed by atoms with E-state index in [1.165, 1.54) is 12.0 Å². The summed E-state index contributed by atoms with van der Waals surface area (Å²) in [6.07, 6.45) is 2.40. The van der Waals surface area contributed by atoms with Gasteiger partial charge in [-0.1, -0.05) is 26.0 Å². The first-order valence-electron chi connectivity index (χ1n) is 6.66. The van der Waals surface area contributed by atoms with Crippen molar-refractivity contribution >= 4 is 0 Å². The number of hydrogen-bond acceptors (Lipinski definition) is 2. The predicted molar refractivity (Wildman–Crippen MR) is 71.3 cm³/mol. The Kier molecular flexibility index (Phi) is 4.06. The van der Waals surface area contributed by atoms with E-state index in [-0.39, 0.29) is 0 Å². The summed E-state index contributed by atoms with van der Waals surface area (Å²) in [5.41, 5.74) is 1.38. The van der Waals surface area contributed by atoms with E-state index in [4.69, 9.17) is 4.74 Å². The molecule has 0 amide bonds. The van der Waals surface area contributed by atoms with Crippen LogP contribution in [0.4, 0.5) is 0 Å². The van der Waals surface area contributed by atoms with Crippen molar-refractivity contribution in [1.82, 2.24) is 5.32 Å². The van der Waals surface area contributed by atoms with Gasteiger partial charge >= 0.3 is 0 Å². The topological polar surface area (TPSA) is 21.3 Å².